The lowest BCUT2D eigenvalue weighted by Crippen LogP contribution is -2.29. The Labute approximate surface area is 116 Å². The molecule has 0 heterocycles. The van der Waals surface area contributed by atoms with Crippen LogP contribution in [0.1, 0.15) is 51.6 Å². The molecule has 0 spiro atoms. The van der Waals surface area contributed by atoms with E-state index in [-0.39, 0.29) is 11.9 Å². The molecule has 0 aromatic heterocycles. The van der Waals surface area contributed by atoms with Crippen LogP contribution in [0.5, 0.6) is 0 Å². The molecule has 1 unspecified atom stereocenters. The molecular weight excluding hydrogens is 239 g/mol. The molecule has 1 aromatic rings. The molecule has 1 atom stereocenters. The molecule has 1 aliphatic carbocycles. The predicted molar refractivity (Wildman–Crippen MR) is 79.2 cm³/mol. The van der Waals surface area contributed by atoms with Crippen molar-refractivity contribution in [3.05, 3.63) is 29.6 Å². The van der Waals surface area contributed by atoms with E-state index in [9.17, 15) is 4.39 Å². The molecule has 0 saturated heterocycles. The van der Waals surface area contributed by atoms with Crippen LogP contribution in [0.25, 0.3) is 0 Å². The molecule has 0 bridgehead atoms. The van der Waals surface area contributed by atoms with E-state index in [4.69, 9.17) is 0 Å². The van der Waals surface area contributed by atoms with Crippen LogP contribution in [0.3, 0.4) is 0 Å². The van der Waals surface area contributed by atoms with Crippen molar-refractivity contribution in [2.45, 2.75) is 52.1 Å². The van der Waals surface area contributed by atoms with Gasteiger partial charge in [-0.25, -0.2) is 4.39 Å². The van der Waals surface area contributed by atoms with Crippen LogP contribution < -0.4 is 10.2 Å². The molecule has 19 heavy (non-hydrogen) atoms. The maximum Gasteiger partial charge on any atom is 0.146 e. The third-order valence-electron chi connectivity index (χ3n) is 3.80. The number of para-hydroxylation sites is 1. The second-order valence-electron chi connectivity index (χ2n) is 5.37. The number of hydrogen-bond donors (Lipinski definition) is 1. The Morgan fingerprint density at radius 1 is 1.37 bits per heavy atom. The highest BCUT2D eigenvalue weighted by molar-refractivity contribution is 5.57. The van der Waals surface area contributed by atoms with Gasteiger partial charge < -0.3 is 10.2 Å². The highest BCUT2D eigenvalue weighted by atomic mass is 19.1. The molecule has 0 aliphatic heterocycles. The zero-order valence-electron chi connectivity index (χ0n) is 12.2. The lowest BCUT2D eigenvalue weighted by atomic mass is 10.0. The Balaban J connectivity index is 2.29. The Bertz CT molecular complexity index is 415. The number of rotatable bonds is 7. The van der Waals surface area contributed by atoms with Gasteiger partial charge in [-0.15, -0.1) is 0 Å². The summed E-state index contributed by atoms with van der Waals surface area (Å²) >= 11 is 0. The summed E-state index contributed by atoms with van der Waals surface area (Å²) in [7, 11) is 0. The SMILES string of the molecule is CCCNC(C)c1cccc(F)c1N(CC)C1CC1. The fourth-order valence-corrected chi connectivity index (χ4v) is 2.64. The van der Waals surface area contributed by atoms with Crippen molar-refractivity contribution in [1.29, 1.82) is 0 Å². The Hall–Kier alpha value is -1.09. The third kappa shape index (κ3) is 3.27. The van der Waals surface area contributed by atoms with Crippen molar-refractivity contribution >= 4 is 5.69 Å². The van der Waals surface area contributed by atoms with Crippen LogP contribution in [0.2, 0.25) is 0 Å². The van der Waals surface area contributed by atoms with E-state index < -0.39 is 0 Å². The molecule has 1 aromatic carbocycles. The second-order valence-corrected chi connectivity index (χ2v) is 5.37. The first-order valence-electron chi connectivity index (χ1n) is 7.47. The summed E-state index contributed by atoms with van der Waals surface area (Å²) in [6, 6.07) is 6.18. The summed E-state index contributed by atoms with van der Waals surface area (Å²) in [6.45, 7) is 8.22. The van der Waals surface area contributed by atoms with Crippen LogP contribution >= 0.6 is 0 Å². The highest BCUT2D eigenvalue weighted by Gasteiger charge is 2.31. The normalized spacial score (nSPS) is 16.4. The second kappa shape index (κ2) is 6.38. The number of hydrogen-bond acceptors (Lipinski definition) is 2. The fourth-order valence-electron chi connectivity index (χ4n) is 2.64. The zero-order chi connectivity index (χ0) is 13.8. The predicted octanol–water partition coefficient (Wildman–Crippen LogP) is 3.88. The van der Waals surface area contributed by atoms with Gasteiger partial charge in [0.05, 0.1) is 5.69 Å². The number of benzene rings is 1. The average molecular weight is 264 g/mol. The van der Waals surface area contributed by atoms with Gasteiger partial charge in [0.15, 0.2) is 0 Å². The van der Waals surface area contributed by atoms with Gasteiger partial charge in [0.25, 0.3) is 0 Å². The quantitative estimate of drug-likeness (QED) is 0.804. The number of halogens is 1. The molecule has 1 fully saturated rings. The van der Waals surface area contributed by atoms with Gasteiger partial charge in [0.1, 0.15) is 5.82 Å². The molecule has 2 rings (SSSR count). The average Bonchev–Trinajstić information content (AvgIpc) is 3.23. The van der Waals surface area contributed by atoms with E-state index in [2.05, 4.69) is 37.1 Å². The monoisotopic (exact) mass is 264 g/mol. The first-order valence-corrected chi connectivity index (χ1v) is 7.47. The van der Waals surface area contributed by atoms with Gasteiger partial charge in [-0.1, -0.05) is 19.1 Å². The van der Waals surface area contributed by atoms with Gasteiger partial charge in [-0.3, -0.25) is 0 Å². The molecule has 0 amide bonds. The van der Waals surface area contributed by atoms with Crippen LogP contribution in [-0.2, 0) is 0 Å². The summed E-state index contributed by atoms with van der Waals surface area (Å²) in [5.74, 6) is -0.0867. The summed E-state index contributed by atoms with van der Waals surface area (Å²) in [5, 5.41) is 3.46. The minimum Gasteiger partial charge on any atom is -0.366 e. The van der Waals surface area contributed by atoms with Crippen molar-refractivity contribution in [3.63, 3.8) is 0 Å². The topological polar surface area (TPSA) is 15.3 Å². The summed E-state index contributed by atoms with van der Waals surface area (Å²) < 4.78 is 14.3. The largest absolute Gasteiger partial charge is 0.366 e. The highest BCUT2D eigenvalue weighted by Crippen LogP contribution is 2.37. The Kier molecular flexibility index (Phi) is 4.81. The zero-order valence-corrected chi connectivity index (χ0v) is 12.2. The molecule has 1 aliphatic rings. The van der Waals surface area contributed by atoms with Crippen molar-refractivity contribution in [1.82, 2.24) is 5.32 Å². The van der Waals surface area contributed by atoms with Gasteiger partial charge in [-0.2, -0.15) is 0 Å². The lowest BCUT2D eigenvalue weighted by Gasteiger charge is -2.28. The van der Waals surface area contributed by atoms with Gasteiger partial charge >= 0.3 is 0 Å². The first kappa shape index (κ1) is 14.3. The minimum atomic E-state index is -0.0867. The maximum atomic E-state index is 14.3. The van der Waals surface area contributed by atoms with Crippen molar-refractivity contribution in [2.75, 3.05) is 18.0 Å². The first-order chi connectivity index (χ1) is 9.19. The molecule has 1 N–H and O–H groups in total. The van der Waals surface area contributed by atoms with Crippen LogP contribution in [-0.4, -0.2) is 19.1 Å². The summed E-state index contributed by atoms with van der Waals surface area (Å²) in [4.78, 5) is 2.23. The van der Waals surface area contributed by atoms with Crippen molar-refractivity contribution < 1.29 is 4.39 Å². The van der Waals surface area contributed by atoms with E-state index in [1.54, 1.807) is 6.07 Å². The Morgan fingerprint density at radius 2 is 2.11 bits per heavy atom. The van der Waals surface area contributed by atoms with Crippen molar-refractivity contribution in [2.24, 2.45) is 0 Å². The smallest absolute Gasteiger partial charge is 0.146 e. The molecule has 1 saturated carbocycles. The standard InChI is InChI=1S/C16H25FN2/c1-4-11-18-12(3)14-7-6-8-15(17)16(14)19(5-2)13-9-10-13/h6-8,12-13,18H,4-5,9-11H2,1-3H3. The van der Waals surface area contributed by atoms with E-state index in [1.807, 2.05) is 6.07 Å². The molecule has 0 radical (unpaired) electrons. The number of nitrogens with one attached hydrogen (secondary N) is 1. The fraction of sp³-hybridized carbons (Fsp3) is 0.625. The summed E-state index contributed by atoms with van der Waals surface area (Å²) in [5.41, 5.74) is 1.89. The minimum absolute atomic E-state index is 0.0867. The molecular formula is C16H25FN2. The van der Waals surface area contributed by atoms with Gasteiger partial charge in [0.2, 0.25) is 0 Å². The lowest BCUT2D eigenvalue weighted by molar-refractivity contribution is 0.558. The van der Waals surface area contributed by atoms with E-state index in [0.717, 1.165) is 30.8 Å². The van der Waals surface area contributed by atoms with Gasteiger partial charge in [0, 0.05) is 18.6 Å². The van der Waals surface area contributed by atoms with Crippen LogP contribution in [0.4, 0.5) is 10.1 Å². The van der Waals surface area contributed by atoms with Crippen molar-refractivity contribution in [3.8, 4) is 0 Å². The van der Waals surface area contributed by atoms with Crippen LogP contribution in [0, 0.1) is 5.82 Å². The van der Waals surface area contributed by atoms with Gasteiger partial charge in [-0.05, 0) is 51.3 Å². The number of nitrogens with zero attached hydrogens (tertiary/aromatic N) is 1. The third-order valence-corrected chi connectivity index (χ3v) is 3.80. The maximum absolute atomic E-state index is 14.3. The van der Waals surface area contributed by atoms with E-state index in [0.29, 0.717) is 6.04 Å². The van der Waals surface area contributed by atoms with E-state index in [1.165, 1.54) is 12.8 Å². The molecule has 2 nitrogen and oxygen atoms in total. The summed E-state index contributed by atoms with van der Waals surface area (Å²) in [6.07, 6.45) is 3.48. The van der Waals surface area contributed by atoms with Crippen LogP contribution in [0.15, 0.2) is 18.2 Å². The molecule has 3 heteroatoms. The molecule has 106 valence electrons. The Morgan fingerprint density at radius 3 is 2.68 bits per heavy atom. The number of anilines is 1. The van der Waals surface area contributed by atoms with E-state index >= 15 is 0 Å².